The van der Waals surface area contributed by atoms with Gasteiger partial charge in [0.05, 0.1) is 0 Å². The number of carbonyl (C=O) groups excluding carboxylic acids is 1. The van der Waals surface area contributed by atoms with E-state index in [1.807, 2.05) is 0 Å². The van der Waals surface area contributed by atoms with E-state index in [9.17, 15) is 4.79 Å². The van der Waals surface area contributed by atoms with Gasteiger partial charge >= 0.3 is 18.9 Å². The van der Waals surface area contributed by atoms with Gasteiger partial charge in [-0.3, -0.25) is 4.79 Å². The van der Waals surface area contributed by atoms with Gasteiger partial charge in [-0.1, -0.05) is 39.5 Å². The van der Waals surface area contributed by atoms with E-state index in [0.29, 0.717) is 5.78 Å². The van der Waals surface area contributed by atoms with Gasteiger partial charge in [-0.25, -0.2) is 0 Å². The minimum atomic E-state index is 0. The summed E-state index contributed by atoms with van der Waals surface area (Å²) in [6.45, 7) is 4.34. The van der Waals surface area contributed by atoms with Crippen LogP contribution in [0.3, 0.4) is 0 Å². The van der Waals surface area contributed by atoms with E-state index >= 15 is 0 Å². The molecule has 0 amide bonds. The molecule has 0 aromatic carbocycles. The fraction of sp³-hybridized carbons (Fsp3) is 0.909. The molecule has 0 N–H and O–H groups in total. The smallest absolute Gasteiger partial charge is 1.00 e. The van der Waals surface area contributed by atoms with Crippen LogP contribution < -0.4 is 18.9 Å². The first-order chi connectivity index (χ1) is 5.81. The molecule has 0 bridgehead atoms. The largest absolute Gasteiger partial charge is 1.00 e. The second-order valence-corrected chi connectivity index (χ2v) is 3.45. The number of unbranched alkanes of at least 4 members (excludes halogenated alkanes) is 4. The third-order valence-corrected chi connectivity index (χ3v) is 2.12. The van der Waals surface area contributed by atoms with Gasteiger partial charge in [0, 0.05) is 12.8 Å². The molecule has 0 heterocycles. The zero-order valence-electron chi connectivity index (χ0n) is 10.6. The van der Waals surface area contributed by atoms with Crippen LogP contribution >= 0.6 is 0 Å². The summed E-state index contributed by atoms with van der Waals surface area (Å²) >= 11 is 0. The molecule has 0 aromatic rings. The van der Waals surface area contributed by atoms with Crippen LogP contribution in [-0.4, -0.2) is 5.78 Å². The molecule has 0 radical (unpaired) electrons. The second-order valence-electron chi connectivity index (χ2n) is 3.45. The molecule has 1 nitrogen and oxygen atoms in total. The predicted octanol–water partition coefficient (Wildman–Crippen LogP) is 0.833. The molecule has 0 aliphatic rings. The normalized spacial score (nSPS) is 9.38. The summed E-state index contributed by atoms with van der Waals surface area (Å²) in [5, 5.41) is 0. The topological polar surface area (TPSA) is 17.1 Å². The Morgan fingerprint density at radius 1 is 0.923 bits per heavy atom. The quantitative estimate of drug-likeness (QED) is 0.397. The molecule has 13 heavy (non-hydrogen) atoms. The number of rotatable bonds is 8. The zero-order chi connectivity index (χ0) is 9.23. The molecule has 74 valence electrons. The van der Waals surface area contributed by atoms with Gasteiger partial charge in [0.15, 0.2) is 0 Å². The summed E-state index contributed by atoms with van der Waals surface area (Å²) in [7, 11) is 0. The predicted molar refractivity (Wildman–Crippen MR) is 54.4 cm³/mol. The first-order valence-electron chi connectivity index (χ1n) is 5.33. The van der Waals surface area contributed by atoms with E-state index in [4.69, 9.17) is 0 Å². The van der Waals surface area contributed by atoms with Crippen molar-refractivity contribution in [3.63, 3.8) is 0 Å². The standard InChI is InChI=1S/C11H22O.Li.H/c1-3-5-7-9-11(12)10-8-6-4-2;;/h3-10H2,1-2H3;;/q;+1;-1. The minimum absolute atomic E-state index is 0. The van der Waals surface area contributed by atoms with Crippen LogP contribution in [0.1, 0.15) is 66.6 Å². The van der Waals surface area contributed by atoms with Crippen LogP contribution in [0.5, 0.6) is 0 Å². The molecule has 0 unspecified atom stereocenters. The minimum Gasteiger partial charge on any atom is -1.00 e. The van der Waals surface area contributed by atoms with Crippen LogP contribution in [0, 0.1) is 0 Å². The number of carbonyl (C=O) groups is 1. The second kappa shape index (κ2) is 12.3. The van der Waals surface area contributed by atoms with E-state index in [2.05, 4.69) is 13.8 Å². The van der Waals surface area contributed by atoms with E-state index in [1.54, 1.807) is 0 Å². The fourth-order valence-electron chi connectivity index (χ4n) is 1.27. The molecule has 0 fully saturated rings. The monoisotopic (exact) mass is 178 g/mol. The van der Waals surface area contributed by atoms with Crippen molar-refractivity contribution >= 4 is 5.78 Å². The van der Waals surface area contributed by atoms with Crippen molar-refractivity contribution in [2.24, 2.45) is 0 Å². The summed E-state index contributed by atoms with van der Waals surface area (Å²) in [4.78, 5) is 11.2. The number of Topliss-reactive ketones (excluding diaryl/α,β-unsaturated/α-hetero) is 1. The maximum atomic E-state index is 11.2. The Morgan fingerprint density at radius 2 is 1.31 bits per heavy atom. The van der Waals surface area contributed by atoms with E-state index < -0.39 is 0 Å². The van der Waals surface area contributed by atoms with Gasteiger partial charge in [-0.15, -0.1) is 0 Å². The zero-order valence-corrected chi connectivity index (χ0v) is 9.57. The van der Waals surface area contributed by atoms with E-state index in [1.165, 1.54) is 25.7 Å². The van der Waals surface area contributed by atoms with Crippen LogP contribution in [0.15, 0.2) is 0 Å². The summed E-state index contributed by atoms with van der Waals surface area (Å²) < 4.78 is 0. The average molecular weight is 178 g/mol. The van der Waals surface area contributed by atoms with Gasteiger partial charge in [-0.2, -0.15) is 0 Å². The van der Waals surface area contributed by atoms with Crippen LogP contribution in [0.25, 0.3) is 0 Å². The summed E-state index contributed by atoms with van der Waals surface area (Å²) in [6, 6.07) is 0. The van der Waals surface area contributed by atoms with Crippen LogP contribution in [0.2, 0.25) is 0 Å². The van der Waals surface area contributed by atoms with Crippen molar-refractivity contribution in [1.29, 1.82) is 0 Å². The Labute approximate surface area is 96.3 Å². The van der Waals surface area contributed by atoms with Gasteiger partial charge < -0.3 is 1.43 Å². The number of hydrogen-bond acceptors (Lipinski definition) is 1. The van der Waals surface area contributed by atoms with Crippen molar-refractivity contribution < 1.29 is 25.1 Å². The molecule has 0 saturated heterocycles. The summed E-state index contributed by atoms with van der Waals surface area (Å²) in [6.07, 6.45) is 8.67. The van der Waals surface area contributed by atoms with Crippen molar-refractivity contribution in [3.8, 4) is 0 Å². The molecular formula is C11H23LiO. The Bertz CT molecular complexity index is 106. The number of ketones is 1. The summed E-state index contributed by atoms with van der Waals surface area (Å²) in [5.74, 6) is 0.469. The van der Waals surface area contributed by atoms with Crippen molar-refractivity contribution in [2.75, 3.05) is 0 Å². The van der Waals surface area contributed by atoms with Crippen molar-refractivity contribution in [2.45, 2.75) is 65.2 Å². The van der Waals surface area contributed by atoms with Crippen LogP contribution in [-0.2, 0) is 4.79 Å². The van der Waals surface area contributed by atoms with Gasteiger partial charge in [-0.05, 0) is 12.8 Å². The Balaban J connectivity index is -0.000000605. The Hall–Kier alpha value is 0.267. The molecular weight excluding hydrogens is 155 g/mol. The third-order valence-electron chi connectivity index (χ3n) is 2.12. The van der Waals surface area contributed by atoms with Gasteiger partial charge in [0.2, 0.25) is 0 Å². The van der Waals surface area contributed by atoms with E-state index in [0.717, 1.165) is 25.7 Å². The molecule has 2 heteroatoms. The number of hydrogen-bond donors (Lipinski definition) is 0. The van der Waals surface area contributed by atoms with Crippen molar-refractivity contribution in [1.82, 2.24) is 0 Å². The maximum Gasteiger partial charge on any atom is 1.00 e. The first-order valence-corrected chi connectivity index (χ1v) is 5.33. The molecule has 0 saturated carbocycles. The first kappa shape index (κ1) is 15.7. The SMILES string of the molecule is CCCCCC(=O)CCCCC.[H-].[Li+]. The molecule has 0 aliphatic heterocycles. The van der Waals surface area contributed by atoms with Gasteiger partial charge in [0.25, 0.3) is 0 Å². The van der Waals surface area contributed by atoms with E-state index in [-0.39, 0.29) is 20.3 Å². The Kier molecular flexibility index (Phi) is 14.8. The molecule has 0 rings (SSSR count). The molecule has 0 aliphatic carbocycles. The average Bonchev–Trinajstić information content (AvgIpc) is 2.06. The van der Waals surface area contributed by atoms with Crippen LogP contribution in [0.4, 0.5) is 0 Å². The maximum absolute atomic E-state index is 11.2. The summed E-state index contributed by atoms with van der Waals surface area (Å²) in [5.41, 5.74) is 0. The fourth-order valence-corrected chi connectivity index (χ4v) is 1.27. The van der Waals surface area contributed by atoms with Gasteiger partial charge in [0.1, 0.15) is 5.78 Å². The van der Waals surface area contributed by atoms with Crippen molar-refractivity contribution in [3.05, 3.63) is 0 Å². The molecule has 0 spiro atoms. The molecule has 0 atom stereocenters. The third kappa shape index (κ3) is 12.3. The molecule has 0 aromatic heterocycles. The Morgan fingerprint density at radius 3 is 1.62 bits per heavy atom.